The van der Waals surface area contributed by atoms with Crippen LogP contribution in [0.15, 0.2) is 30.3 Å². The monoisotopic (exact) mass is 220 g/mol. The van der Waals surface area contributed by atoms with E-state index in [-0.39, 0.29) is 5.54 Å². The van der Waals surface area contributed by atoms with E-state index >= 15 is 0 Å². The van der Waals surface area contributed by atoms with Crippen molar-refractivity contribution in [1.29, 1.82) is 0 Å². The minimum Gasteiger partial charge on any atom is -0.383 e. The molecule has 2 N–H and O–H groups in total. The van der Waals surface area contributed by atoms with Crippen molar-refractivity contribution in [3.05, 3.63) is 35.9 Å². The average Bonchev–Trinajstić information content (AvgIpc) is 2.62. The number of likely N-dealkylation sites (tertiary alicyclic amines) is 1. The van der Waals surface area contributed by atoms with E-state index in [1.165, 1.54) is 5.56 Å². The Balaban J connectivity index is 1.90. The first-order valence-corrected chi connectivity index (χ1v) is 5.76. The first-order chi connectivity index (χ1) is 7.72. The van der Waals surface area contributed by atoms with Crippen molar-refractivity contribution in [2.75, 3.05) is 26.8 Å². The van der Waals surface area contributed by atoms with Gasteiger partial charge in [-0.05, 0) is 12.0 Å². The van der Waals surface area contributed by atoms with Gasteiger partial charge in [-0.25, -0.2) is 0 Å². The van der Waals surface area contributed by atoms with Gasteiger partial charge in [-0.15, -0.1) is 0 Å². The van der Waals surface area contributed by atoms with Crippen LogP contribution in [0.2, 0.25) is 0 Å². The molecule has 1 aromatic rings. The number of methoxy groups -OCH3 is 1. The van der Waals surface area contributed by atoms with Crippen molar-refractivity contribution in [2.24, 2.45) is 5.73 Å². The first kappa shape index (κ1) is 11.6. The average molecular weight is 220 g/mol. The lowest BCUT2D eigenvalue weighted by atomic mass is 10.0. The zero-order chi connectivity index (χ0) is 11.4. The molecule has 1 heterocycles. The van der Waals surface area contributed by atoms with E-state index in [2.05, 4.69) is 29.2 Å². The molecular formula is C13H20N2O. The van der Waals surface area contributed by atoms with E-state index in [1.54, 1.807) is 7.11 Å². The Morgan fingerprint density at radius 3 is 2.81 bits per heavy atom. The molecule has 1 unspecified atom stereocenters. The van der Waals surface area contributed by atoms with Gasteiger partial charge >= 0.3 is 0 Å². The molecule has 1 saturated heterocycles. The van der Waals surface area contributed by atoms with Crippen molar-refractivity contribution in [3.8, 4) is 0 Å². The summed E-state index contributed by atoms with van der Waals surface area (Å²) in [6.07, 6.45) is 1.02. The van der Waals surface area contributed by atoms with Crippen LogP contribution in [0.25, 0.3) is 0 Å². The second kappa shape index (κ2) is 4.95. The molecule has 1 aromatic carbocycles. The van der Waals surface area contributed by atoms with Crippen LogP contribution in [-0.2, 0) is 11.3 Å². The number of nitrogens with two attached hydrogens (primary N) is 1. The fourth-order valence-electron chi connectivity index (χ4n) is 2.37. The molecule has 88 valence electrons. The Morgan fingerprint density at radius 2 is 2.12 bits per heavy atom. The Bertz CT molecular complexity index is 328. The molecule has 0 aromatic heterocycles. The fraction of sp³-hybridized carbons (Fsp3) is 0.538. The Labute approximate surface area is 97.2 Å². The zero-order valence-electron chi connectivity index (χ0n) is 9.86. The third-order valence-corrected chi connectivity index (χ3v) is 3.15. The molecule has 1 aliphatic heterocycles. The van der Waals surface area contributed by atoms with E-state index in [0.717, 1.165) is 26.1 Å². The summed E-state index contributed by atoms with van der Waals surface area (Å²) in [5.41, 5.74) is 7.45. The van der Waals surface area contributed by atoms with Crippen LogP contribution in [0.1, 0.15) is 12.0 Å². The van der Waals surface area contributed by atoms with Crippen LogP contribution < -0.4 is 5.73 Å². The molecule has 1 aliphatic rings. The van der Waals surface area contributed by atoms with Crippen LogP contribution >= 0.6 is 0 Å². The predicted octanol–water partition coefficient (Wildman–Crippen LogP) is 1.24. The van der Waals surface area contributed by atoms with Crippen molar-refractivity contribution in [2.45, 2.75) is 18.5 Å². The Morgan fingerprint density at radius 1 is 1.38 bits per heavy atom. The lowest BCUT2D eigenvalue weighted by molar-refractivity contribution is 0.133. The van der Waals surface area contributed by atoms with Crippen LogP contribution in [-0.4, -0.2) is 37.2 Å². The van der Waals surface area contributed by atoms with Gasteiger partial charge in [0.2, 0.25) is 0 Å². The van der Waals surface area contributed by atoms with Gasteiger partial charge in [0.15, 0.2) is 0 Å². The third kappa shape index (κ3) is 2.82. The normalized spacial score (nSPS) is 26.1. The highest BCUT2D eigenvalue weighted by atomic mass is 16.5. The summed E-state index contributed by atoms with van der Waals surface area (Å²) in [4.78, 5) is 2.40. The topological polar surface area (TPSA) is 38.5 Å². The van der Waals surface area contributed by atoms with Gasteiger partial charge < -0.3 is 10.5 Å². The maximum absolute atomic E-state index is 6.25. The van der Waals surface area contributed by atoms with Crippen molar-refractivity contribution >= 4 is 0 Å². The summed E-state index contributed by atoms with van der Waals surface area (Å²) in [5, 5.41) is 0. The molecular weight excluding hydrogens is 200 g/mol. The maximum Gasteiger partial charge on any atom is 0.0655 e. The van der Waals surface area contributed by atoms with Crippen LogP contribution in [0.3, 0.4) is 0 Å². The van der Waals surface area contributed by atoms with Gasteiger partial charge in [0.1, 0.15) is 0 Å². The Hall–Kier alpha value is -0.900. The van der Waals surface area contributed by atoms with Crippen LogP contribution in [0, 0.1) is 0 Å². The molecule has 0 bridgehead atoms. The highest BCUT2D eigenvalue weighted by molar-refractivity contribution is 5.15. The minimum atomic E-state index is -0.149. The van der Waals surface area contributed by atoms with E-state index < -0.39 is 0 Å². The summed E-state index contributed by atoms with van der Waals surface area (Å²) < 4.78 is 5.18. The molecule has 0 aliphatic carbocycles. The standard InChI is InChI=1S/C13H20N2O/c1-16-11-13(14)7-8-15(10-13)9-12-5-3-2-4-6-12/h2-6H,7-11,14H2,1H3. The molecule has 16 heavy (non-hydrogen) atoms. The van der Waals surface area contributed by atoms with Crippen LogP contribution in [0.5, 0.6) is 0 Å². The predicted molar refractivity (Wildman–Crippen MR) is 65.1 cm³/mol. The second-order valence-electron chi connectivity index (χ2n) is 4.74. The van der Waals surface area contributed by atoms with E-state index in [9.17, 15) is 0 Å². The minimum absolute atomic E-state index is 0.149. The van der Waals surface area contributed by atoms with E-state index in [0.29, 0.717) is 6.61 Å². The van der Waals surface area contributed by atoms with Gasteiger partial charge in [0.05, 0.1) is 12.1 Å². The van der Waals surface area contributed by atoms with Crippen molar-refractivity contribution < 1.29 is 4.74 Å². The molecule has 3 heteroatoms. The van der Waals surface area contributed by atoms with E-state index in [1.807, 2.05) is 6.07 Å². The van der Waals surface area contributed by atoms with Gasteiger partial charge in [0.25, 0.3) is 0 Å². The number of hydrogen-bond donors (Lipinski definition) is 1. The summed E-state index contributed by atoms with van der Waals surface area (Å²) in [6, 6.07) is 10.5. The molecule has 2 rings (SSSR count). The SMILES string of the molecule is COCC1(N)CCN(Cc2ccccc2)C1. The molecule has 3 nitrogen and oxygen atoms in total. The molecule has 0 saturated carbocycles. The molecule has 1 fully saturated rings. The zero-order valence-corrected chi connectivity index (χ0v) is 9.86. The summed E-state index contributed by atoms with van der Waals surface area (Å²) in [7, 11) is 1.72. The maximum atomic E-state index is 6.25. The quantitative estimate of drug-likeness (QED) is 0.829. The third-order valence-electron chi connectivity index (χ3n) is 3.15. The Kier molecular flexibility index (Phi) is 3.59. The summed E-state index contributed by atoms with van der Waals surface area (Å²) in [5.74, 6) is 0. The number of rotatable bonds is 4. The summed E-state index contributed by atoms with van der Waals surface area (Å²) in [6.45, 7) is 3.63. The summed E-state index contributed by atoms with van der Waals surface area (Å²) >= 11 is 0. The number of benzene rings is 1. The van der Waals surface area contributed by atoms with Crippen LogP contribution in [0.4, 0.5) is 0 Å². The molecule has 0 amide bonds. The van der Waals surface area contributed by atoms with E-state index in [4.69, 9.17) is 10.5 Å². The van der Waals surface area contributed by atoms with Gasteiger partial charge in [-0.3, -0.25) is 4.90 Å². The molecule has 0 radical (unpaired) electrons. The lowest BCUT2D eigenvalue weighted by Crippen LogP contribution is -2.46. The van der Waals surface area contributed by atoms with Gasteiger partial charge in [0, 0.05) is 26.7 Å². The van der Waals surface area contributed by atoms with Gasteiger partial charge in [-0.1, -0.05) is 30.3 Å². The highest BCUT2D eigenvalue weighted by Crippen LogP contribution is 2.20. The van der Waals surface area contributed by atoms with Crippen molar-refractivity contribution in [1.82, 2.24) is 4.90 Å². The molecule has 1 atom stereocenters. The van der Waals surface area contributed by atoms with Gasteiger partial charge in [-0.2, -0.15) is 0 Å². The smallest absolute Gasteiger partial charge is 0.0655 e. The second-order valence-corrected chi connectivity index (χ2v) is 4.74. The van der Waals surface area contributed by atoms with Crippen molar-refractivity contribution in [3.63, 3.8) is 0 Å². The first-order valence-electron chi connectivity index (χ1n) is 5.76. The fourth-order valence-corrected chi connectivity index (χ4v) is 2.37. The number of nitrogens with zero attached hydrogens (tertiary/aromatic N) is 1. The highest BCUT2D eigenvalue weighted by Gasteiger charge is 2.34. The lowest BCUT2D eigenvalue weighted by Gasteiger charge is -2.23. The molecule has 0 spiro atoms. The largest absolute Gasteiger partial charge is 0.383 e. The number of ether oxygens (including phenoxy) is 1. The number of hydrogen-bond acceptors (Lipinski definition) is 3.